The van der Waals surface area contributed by atoms with Crippen molar-refractivity contribution in [1.29, 1.82) is 0 Å². The maximum absolute atomic E-state index is 14.4. The first-order valence-corrected chi connectivity index (χ1v) is 12.6. The number of rotatable bonds is 7. The number of piperidine rings is 1. The normalized spacial score (nSPS) is 15.9. The van der Waals surface area contributed by atoms with Crippen LogP contribution < -0.4 is 9.47 Å². The highest BCUT2D eigenvalue weighted by atomic mass is 32.2. The van der Waals surface area contributed by atoms with Crippen molar-refractivity contribution in [2.75, 3.05) is 25.9 Å². The highest BCUT2D eigenvalue weighted by Gasteiger charge is 2.27. The second-order valence-electron chi connectivity index (χ2n) is 9.34. The van der Waals surface area contributed by atoms with E-state index in [1.54, 1.807) is 6.92 Å². The van der Waals surface area contributed by atoms with Crippen LogP contribution in [0, 0.1) is 18.2 Å². The van der Waals surface area contributed by atoms with E-state index < -0.39 is 15.7 Å². The fourth-order valence-electron chi connectivity index (χ4n) is 3.32. The number of ketones is 1. The minimum Gasteiger partial charge on any atom is -0.474 e. The van der Waals surface area contributed by atoms with Crippen molar-refractivity contribution in [2.24, 2.45) is 5.41 Å². The number of hydrogen-bond donors (Lipinski definition) is 0. The van der Waals surface area contributed by atoms with Gasteiger partial charge in [-0.2, -0.15) is 0 Å². The molecule has 0 radical (unpaired) electrons. The van der Waals surface area contributed by atoms with Gasteiger partial charge in [0.25, 0.3) is 0 Å². The van der Waals surface area contributed by atoms with E-state index in [4.69, 9.17) is 9.47 Å². The average molecular weight is 480 g/mol. The molecule has 1 aliphatic heterocycles. The number of Topliss-reactive ketones (excluding diaryl/α,β-unsaturated/α-hetero) is 1. The third kappa shape index (κ3) is 6.48. The molecule has 1 aromatic heterocycles. The van der Waals surface area contributed by atoms with Crippen LogP contribution >= 0.6 is 0 Å². The number of benzene rings is 1. The standard InChI is InChI=1S/C23H30FN3O5S/c1-15-21(31-16-8-10-27(11-9-16)13-20(28)23(2,3)4)25-14-26-22(15)32-19-7-6-17(12-18(19)24)33(5,29)30/h6-7,12,14,16H,8-11,13H2,1-5H3. The zero-order chi connectivity index (χ0) is 24.4. The number of aromatic nitrogens is 2. The van der Waals surface area contributed by atoms with Gasteiger partial charge in [0.2, 0.25) is 11.8 Å². The molecule has 0 bridgehead atoms. The summed E-state index contributed by atoms with van der Waals surface area (Å²) in [7, 11) is -3.53. The predicted octanol–water partition coefficient (Wildman–Crippen LogP) is 3.58. The van der Waals surface area contributed by atoms with Gasteiger partial charge in [0, 0.05) is 24.8 Å². The Morgan fingerprint density at radius 2 is 1.82 bits per heavy atom. The molecule has 1 fully saturated rings. The Kier molecular flexibility index (Phi) is 7.38. The molecule has 0 unspecified atom stereocenters. The molecule has 180 valence electrons. The van der Waals surface area contributed by atoms with Crippen LogP contribution in [0.1, 0.15) is 39.2 Å². The Labute approximate surface area is 194 Å². The van der Waals surface area contributed by atoms with Crippen molar-refractivity contribution in [3.05, 3.63) is 35.9 Å². The fraction of sp³-hybridized carbons (Fsp3) is 0.522. The highest BCUT2D eigenvalue weighted by molar-refractivity contribution is 7.90. The molecule has 0 N–H and O–H groups in total. The van der Waals surface area contributed by atoms with Crippen LogP contribution in [0.2, 0.25) is 0 Å². The lowest BCUT2D eigenvalue weighted by Crippen LogP contribution is -2.43. The number of hydrogen-bond acceptors (Lipinski definition) is 8. The smallest absolute Gasteiger partial charge is 0.229 e. The second-order valence-corrected chi connectivity index (χ2v) is 11.4. The summed E-state index contributed by atoms with van der Waals surface area (Å²) in [4.78, 5) is 22.5. The molecule has 0 atom stereocenters. The van der Waals surface area contributed by atoms with Crippen molar-refractivity contribution in [1.82, 2.24) is 14.9 Å². The minimum atomic E-state index is -3.53. The van der Waals surface area contributed by atoms with Gasteiger partial charge in [0.1, 0.15) is 12.4 Å². The van der Waals surface area contributed by atoms with Crippen LogP contribution in [-0.2, 0) is 14.6 Å². The molecule has 0 spiro atoms. The summed E-state index contributed by atoms with van der Waals surface area (Å²) in [6.45, 7) is 9.42. The summed E-state index contributed by atoms with van der Waals surface area (Å²) in [5.74, 6) is -0.272. The lowest BCUT2D eigenvalue weighted by atomic mass is 9.90. The van der Waals surface area contributed by atoms with E-state index in [0.29, 0.717) is 18.0 Å². The van der Waals surface area contributed by atoms with Crippen molar-refractivity contribution in [3.63, 3.8) is 0 Å². The summed E-state index contributed by atoms with van der Waals surface area (Å²) >= 11 is 0. The van der Waals surface area contributed by atoms with E-state index in [0.717, 1.165) is 38.3 Å². The van der Waals surface area contributed by atoms with E-state index in [9.17, 15) is 17.6 Å². The first-order valence-electron chi connectivity index (χ1n) is 10.8. The van der Waals surface area contributed by atoms with Crippen LogP contribution in [0.4, 0.5) is 4.39 Å². The topological polar surface area (TPSA) is 98.7 Å². The first-order chi connectivity index (χ1) is 15.3. The molecule has 0 aliphatic carbocycles. The molecule has 1 saturated heterocycles. The first kappa shape index (κ1) is 25.0. The number of ether oxygens (including phenoxy) is 2. The summed E-state index contributed by atoms with van der Waals surface area (Å²) in [6, 6.07) is 3.44. The number of nitrogens with zero attached hydrogens (tertiary/aromatic N) is 3. The van der Waals surface area contributed by atoms with Crippen LogP contribution in [-0.4, -0.2) is 61.1 Å². The lowest BCUT2D eigenvalue weighted by Gasteiger charge is -2.33. The predicted molar refractivity (Wildman–Crippen MR) is 121 cm³/mol. The van der Waals surface area contributed by atoms with Crippen molar-refractivity contribution < 1.29 is 27.1 Å². The molecule has 2 heterocycles. The van der Waals surface area contributed by atoms with E-state index in [1.807, 2.05) is 20.8 Å². The number of likely N-dealkylation sites (tertiary alicyclic amines) is 1. The maximum Gasteiger partial charge on any atom is 0.229 e. The van der Waals surface area contributed by atoms with Crippen LogP contribution in [0.3, 0.4) is 0 Å². The van der Waals surface area contributed by atoms with Gasteiger partial charge < -0.3 is 9.47 Å². The molecule has 0 amide bonds. The third-order valence-corrected chi connectivity index (χ3v) is 6.66. The molecule has 0 saturated carbocycles. The number of carbonyl (C=O) groups excluding carboxylic acids is 1. The van der Waals surface area contributed by atoms with E-state index >= 15 is 0 Å². The van der Waals surface area contributed by atoms with Crippen molar-refractivity contribution >= 4 is 15.6 Å². The van der Waals surface area contributed by atoms with Gasteiger partial charge in [-0.15, -0.1) is 0 Å². The van der Waals surface area contributed by atoms with Gasteiger partial charge >= 0.3 is 0 Å². The van der Waals surface area contributed by atoms with E-state index in [-0.39, 0.29) is 33.8 Å². The lowest BCUT2D eigenvalue weighted by molar-refractivity contribution is -0.128. The Morgan fingerprint density at radius 3 is 2.39 bits per heavy atom. The largest absolute Gasteiger partial charge is 0.474 e. The molecule has 10 heteroatoms. The quantitative estimate of drug-likeness (QED) is 0.594. The zero-order valence-corrected chi connectivity index (χ0v) is 20.4. The molecule has 33 heavy (non-hydrogen) atoms. The van der Waals surface area contributed by atoms with Gasteiger partial charge in [-0.05, 0) is 38.0 Å². The van der Waals surface area contributed by atoms with Gasteiger partial charge in [0.05, 0.1) is 17.0 Å². The Hall–Kier alpha value is -2.59. The van der Waals surface area contributed by atoms with Crippen LogP contribution in [0.15, 0.2) is 29.4 Å². The maximum atomic E-state index is 14.4. The van der Waals surface area contributed by atoms with Crippen molar-refractivity contribution in [2.45, 2.75) is 51.5 Å². The summed E-state index contributed by atoms with van der Waals surface area (Å²) in [5.41, 5.74) is 0.154. The molecular formula is C23H30FN3O5S. The number of halogens is 1. The van der Waals surface area contributed by atoms with E-state index in [2.05, 4.69) is 14.9 Å². The zero-order valence-electron chi connectivity index (χ0n) is 19.6. The molecule has 2 aromatic rings. The minimum absolute atomic E-state index is 0.0711. The molecule has 3 rings (SSSR count). The molecule has 1 aliphatic rings. The van der Waals surface area contributed by atoms with Crippen molar-refractivity contribution in [3.8, 4) is 17.5 Å². The van der Waals surface area contributed by atoms with Gasteiger partial charge in [-0.3, -0.25) is 9.69 Å². The second kappa shape index (κ2) is 9.72. The van der Waals surface area contributed by atoms with Crippen LogP contribution in [0.25, 0.3) is 0 Å². The summed E-state index contributed by atoms with van der Waals surface area (Å²) in [5, 5.41) is 0. The highest BCUT2D eigenvalue weighted by Crippen LogP contribution is 2.31. The monoisotopic (exact) mass is 479 g/mol. The fourth-order valence-corrected chi connectivity index (χ4v) is 3.96. The van der Waals surface area contributed by atoms with Gasteiger partial charge in [-0.25, -0.2) is 22.8 Å². The SMILES string of the molecule is Cc1c(Oc2ccc(S(C)(=O)=O)cc2F)ncnc1OC1CCN(CC(=O)C(C)(C)C)CC1. The van der Waals surface area contributed by atoms with Gasteiger partial charge in [0.15, 0.2) is 27.2 Å². The Balaban J connectivity index is 1.64. The van der Waals surface area contributed by atoms with Gasteiger partial charge in [-0.1, -0.05) is 20.8 Å². The van der Waals surface area contributed by atoms with Crippen LogP contribution in [0.5, 0.6) is 17.5 Å². The molecule has 1 aromatic carbocycles. The van der Waals surface area contributed by atoms with E-state index in [1.165, 1.54) is 18.5 Å². The summed E-state index contributed by atoms with van der Waals surface area (Å²) in [6.07, 6.45) is 3.71. The average Bonchev–Trinajstić information content (AvgIpc) is 2.72. The Morgan fingerprint density at radius 1 is 1.18 bits per heavy atom. The Bertz CT molecular complexity index is 1120. The molecule has 8 nitrogen and oxygen atoms in total. The summed E-state index contributed by atoms with van der Waals surface area (Å²) < 4.78 is 49.2. The number of sulfone groups is 1. The molecular weight excluding hydrogens is 449 g/mol. The number of carbonyl (C=O) groups is 1. The third-order valence-electron chi connectivity index (χ3n) is 5.55.